The zero-order chi connectivity index (χ0) is 21.2. The molecule has 1 atom stereocenters. The van der Waals surface area contributed by atoms with Crippen LogP contribution >= 0.6 is 11.3 Å². The predicted octanol–water partition coefficient (Wildman–Crippen LogP) is 3.80. The van der Waals surface area contributed by atoms with E-state index in [1.54, 1.807) is 11.3 Å². The van der Waals surface area contributed by atoms with E-state index in [9.17, 15) is 4.79 Å². The van der Waals surface area contributed by atoms with Crippen LogP contribution in [-0.2, 0) is 17.6 Å². The molecule has 5 rings (SSSR count). The van der Waals surface area contributed by atoms with Crippen molar-refractivity contribution in [2.45, 2.75) is 45.1 Å². The molecule has 1 aliphatic heterocycles. The Kier molecular flexibility index (Phi) is 5.69. The van der Waals surface area contributed by atoms with Crippen molar-refractivity contribution in [2.24, 2.45) is 0 Å². The average Bonchev–Trinajstić information content (AvgIpc) is 3.31. The second-order valence-electron chi connectivity index (χ2n) is 8.07. The number of rotatable bonds is 4. The monoisotopic (exact) mass is 438 g/mol. The van der Waals surface area contributed by atoms with Gasteiger partial charge in [0.2, 0.25) is 0 Å². The summed E-state index contributed by atoms with van der Waals surface area (Å²) in [5.41, 5.74) is 4.60. The molecule has 8 nitrogen and oxygen atoms in total. The number of carbonyl (C=O) groups excluding carboxylic acids is 1. The minimum atomic E-state index is -0.268. The Bertz CT molecular complexity index is 1080. The summed E-state index contributed by atoms with van der Waals surface area (Å²) < 4.78 is 5.98. The number of thiazole rings is 1. The molecule has 0 bridgehead atoms. The Hall–Kier alpha value is -2.78. The summed E-state index contributed by atoms with van der Waals surface area (Å²) in [7, 11) is 0. The van der Waals surface area contributed by atoms with Gasteiger partial charge in [-0.25, -0.2) is 9.97 Å². The van der Waals surface area contributed by atoms with E-state index in [1.165, 1.54) is 6.42 Å². The van der Waals surface area contributed by atoms with E-state index in [4.69, 9.17) is 9.72 Å². The number of carbonyl (C=O) groups is 1. The largest absolute Gasteiger partial charge is 0.368 e. The second-order valence-corrected chi connectivity index (χ2v) is 8.93. The van der Waals surface area contributed by atoms with Gasteiger partial charge in [0.15, 0.2) is 10.8 Å². The molecular formula is C22H26N6O2S. The van der Waals surface area contributed by atoms with Crippen LogP contribution in [0.4, 0.5) is 10.9 Å². The van der Waals surface area contributed by atoms with Crippen molar-refractivity contribution in [3.63, 3.8) is 0 Å². The number of morpholine rings is 1. The first-order valence-electron chi connectivity index (χ1n) is 10.8. The average molecular weight is 439 g/mol. The minimum Gasteiger partial charge on any atom is -0.368 e. The number of aromatic nitrogens is 4. The molecule has 4 heterocycles. The molecule has 0 aromatic carbocycles. The number of nitrogens with one attached hydrogen (secondary N) is 2. The fourth-order valence-corrected chi connectivity index (χ4v) is 4.91. The molecule has 2 aliphatic rings. The molecule has 9 heteroatoms. The zero-order valence-corrected chi connectivity index (χ0v) is 18.4. The van der Waals surface area contributed by atoms with Crippen molar-refractivity contribution < 1.29 is 9.53 Å². The van der Waals surface area contributed by atoms with Crippen LogP contribution < -0.4 is 5.32 Å². The molecule has 0 spiro atoms. The number of ether oxygens (including phenoxy) is 1. The summed E-state index contributed by atoms with van der Waals surface area (Å²) >= 11 is 1.54. The summed E-state index contributed by atoms with van der Waals surface area (Å²) in [4.78, 5) is 24.3. The summed E-state index contributed by atoms with van der Waals surface area (Å²) in [6.07, 6.45) is 5.09. The van der Waals surface area contributed by atoms with Crippen molar-refractivity contribution >= 4 is 28.2 Å². The van der Waals surface area contributed by atoms with Crippen LogP contribution in [0.3, 0.4) is 0 Å². The fraction of sp³-hybridized carbons (Fsp3) is 0.455. The number of nitrogens with zero attached hydrogens (tertiary/aromatic N) is 4. The topological polar surface area (TPSA) is 96.0 Å². The smallest absolute Gasteiger partial charge is 0.274 e. The van der Waals surface area contributed by atoms with E-state index >= 15 is 0 Å². The lowest BCUT2D eigenvalue weighted by molar-refractivity contribution is -0.0248. The normalized spacial score (nSPS) is 19.0. The highest BCUT2D eigenvalue weighted by Gasteiger charge is 2.30. The first kappa shape index (κ1) is 20.1. The highest BCUT2D eigenvalue weighted by atomic mass is 32.1. The molecule has 1 fully saturated rings. The fourth-order valence-electron chi connectivity index (χ4n) is 4.22. The standard InChI is InChI=1S/C22H26N6O2S/c1-14-13-31-22(23-14)25-19-9-5-8-17(24-19)18-12-28(10-11-30-18)21(29)20-15-6-3-2-4-7-16(15)26-27-20/h5,8-9,13,18H,2-4,6-7,10-12H2,1H3,(H,26,27)(H,23,24,25). The summed E-state index contributed by atoms with van der Waals surface area (Å²) in [5.74, 6) is 0.705. The molecule has 31 heavy (non-hydrogen) atoms. The van der Waals surface area contributed by atoms with Gasteiger partial charge in [0.05, 0.1) is 24.5 Å². The van der Waals surface area contributed by atoms with Gasteiger partial charge in [-0.15, -0.1) is 11.3 Å². The van der Waals surface area contributed by atoms with Gasteiger partial charge in [-0.1, -0.05) is 12.5 Å². The highest BCUT2D eigenvalue weighted by molar-refractivity contribution is 7.13. The molecule has 2 N–H and O–H groups in total. The summed E-state index contributed by atoms with van der Waals surface area (Å²) in [5, 5.41) is 13.5. The molecule has 1 aliphatic carbocycles. The summed E-state index contributed by atoms with van der Waals surface area (Å²) in [6, 6.07) is 5.80. The van der Waals surface area contributed by atoms with Crippen LogP contribution in [0, 0.1) is 6.92 Å². The third kappa shape index (κ3) is 4.33. The zero-order valence-electron chi connectivity index (χ0n) is 17.6. The SMILES string of the molecule is Cc1csc(Nc2cccc(C3CN(C(=O)c4n[nH]c5c4CCCCC5)CCO3)n2)n1. The Labute approximate surface area is 185 Å². The van der Waals surface area contributed by atoms with Gasteiger partial charge in [-0.05, 0) is 44.7 Å². The van der Waals surface area contributed by atoms with Crippen LogP contribution in [0.5, 0.6) is 0 Å². The number of pyridine rings is 1. The van der Waals surface area contributed by atoms with Crippen molar-refractivity contribution in [1.82, 2.24) is 25.1 Å². The van der Waals surface area contributed by atoms with E-state index in [2.05, 4.69) is 20.5 Å². The van der Waals surface area contributed by atoms with Crippen LogP contribution in [0.15, 0.2) is 23.6 Å². The van der Waals surface area contributed by atoms with E-state index in [0.29, 0.717) is 25.4 Å². The number of amides is 1. The number of aryl methyl sites for hydroxylation is 2. The van der Waals surface area contributed by atoms with Gasteiger partial charge < -0.3 is 15.0 Å². The Balaban J connectivity index is 1.31. The second kappa shape index (κ2) is 8.76. The maximum atomic E-state index is 13.3. The molecule has 0 saturated carbocycles. The van der Waals surface area contributed by atoms with Gasteiger partial charge in [-0.2, -0.15) is 5.10 Å². The first-order chi connectivity index (χ1) is 15.2. The molecular weight excluding hydrogens is 412 g/mol. The first-order valence-corrected chi connectivity index (χ1v) is 11.7. The van der Waals surface area contributed by atoms with Crippen LogP contribution in [0.25, 0.3) is 0 Å². The molecule has 162 valence electrons. The number of H-pyrrole nitrogens is 1. The molecule has 1 amide bonds. The molecule has 1 saturated heterocycles. The maximum Gasteiger partial charge on any atom is 0.274 e. The van der Waals surface area contributed by atoms with Crippen molar-refractivity contribution in [3.05, 3.63) is 51.9 Å². The van der Waals surface area contributed by atoms with Gasteiger partial charge in [0, 0.05) is 23.2 Å². The lowest BCUT2D eigenvalue weighted by Crippen LogP contribution is -2.43. The molecule has 0 radical (unpaired) electrons. The Morgan fingerprint density at radius 3 is 3.03 bits per heavy atom. The van der Waals surface area contributed by atoms with E-state index < -0.39 is 0 Å². The quantitative estimate of drug-likeness (QED) is 0.602. The Morgan fingerprint density at radius 2 is 2.16 bits per heavy atom. The lowest BCUT2D eigenvalue weighted by Gasteiger charge is -2.32. The van der Waals surface area contributed by atoms with Crippen LogP contribution in [0.2, 0.25) is 0 Å². The van der Waals surface area contributed by atoms with Crippen molar-refractivity contribution in [2.75, 3.05) is 25.0 Å². The predicted molar refractivity (Wildman–Crippen MR) is 119 cm³/mol. The van der Waals surface area contributed by atoms with E-state index in [1.807, 2.05) is 35.4 Å². The third-order valence-electron chi connectivity index (χ3n) is 5.82. The number of hydrogen-bond acceptors (Lipinski definition) is 7. The van der Waals surface area contributed by atoms with Gasteiger partial charge in [-0.3, -0.25) is 9.89 Å². The summed E-state index contributed by atoms with van der Waals surface area (Å²) in [6.45, 7) is 3.47. The number of aromatic amines is 1. The maximum absolute atomic E-state index is 13.3. The molecule has 1 unspecified atom stereocenters. The van der Waals surface area contributed by atoms with Gasteiger partial charge in [0.1, 0.15) is 11.9 Å². The van der Waals surface area contributed by atoms with E-state index in [0.717, 1.165) is 59.3 Å². The molecule has 3 aromatic rings. The van der Waals surface area contributed by atoms with Crippen molar-refractivity contribution in [1.29, 1.82) is 0 Å². The minimum absolute atomic E-state index is 0.0137. The third-order valence-corrected chi connectivity index (χ3v) is 6.69. The van der Waals surface area contributed by atoms with Crippen molar-refractivity contribution in [3.8, 4) is 0 Å². The Morgan fingerprint density at radius 1 is 1.26 bits per heavy atom. The van der Waals surface area contributed by atoms with E-state index in [-0.39, 0.29) is 12.0 Å². The number of anilines is 2. The number of fused-ring (bicyclic) bond motifs is 1. The number of hydrogen-bond donors (Lipinski definition) is 2. The van der Waals surface area contributed by atoms with Gasteiger partial charge in [0.25, 0.3) is 5.91 Å². The van der Waals surface area contributed by atoms with Gasteiger partial charge >= 0.3 is 0 Å². The molecule has 3 aromatic heterocycles. The lowest BCUT2D eigenvalue weighted by atomic mass is 10.1. The van der Waals surface area contributed by atoms with Crippen LogP contribution in [0.1, 0.15) is 58.5 Å². The van der Waals surface area contributed by atoms with Crippen LogP contribution in [-0.4, -0.2) is 50.7 Å². The highest BCUT2D eigenvalue weighted by Crippen LogP contribution is 2.27.